The summed E-state index contributed by atoms with van der Waals surface area (Å²) in [5.74, 6) is -2.16. The van der Waals surface area contributed by atoms with Gasteiger partial charge in [0, 0.05) is 18.0 Å². The number of carbonyl (C=O) groups excluding carboxylic acids is 1. The van der Waals surface area contributed by atoms with Crippen molar-refractivity contribution in [3.05, 3.63) is 77.5 Å². The van der Waals surface area contributed by atoms with Crippen molar-refractivity contribution < 1.29 is 27.9 Å². The van der Waals surface area contributed by atoms with Crippen LogP contribution in [-0.2, 0) is 17.4 Å². The van der Waals surface area contributed by atoms with Gasteiger partial charge in [-0.2, -0.15) is 13.2 Å². The number of carboxylic acids is 1. The second-order valence-corrected chi connectivity index (χ2v) is 6.14. The molecule has 0 aliphatic carbocycles. The number of amides is 1. The van der Waals surface area contributed by atoms with Gasteiger partial charge in [-0.15, -0.1) is 0 Å². The van der Waals surface area contributed by atoms with E-state index in [0.717, 1.165) is 6.07 Å². The van der Waals surface area contributed by atoms with E-state index in [9.17, 15) is 27.9 Å². The minimum absolute atomic E-state index is 0.119. The summed E-state index contributed by atoms with van der Waals surface area (Å²) in [6, 6.07) is 11.8. The van der Waals surface area contributed by atoms with Crippen molar-refractivity contribution in [2.75, 3.05) is 0 Å². The molecule has 1 amide bonds. The Morgan fingerprint density at radius 2 is 1.75 bits per heavy atom. The number of aliphatic carboxylic acids is 1. The molecule has 1 heterocycles. The lowest BCUT2D eigenvalue weighted by molar-refractivity contribution is -0.141. The van der Waals surface area contributed by atoms with E-state index < -0.39 is 36.1 Å². The number of hydrogen-bond acceptors (Lipinski definition) is 3. The largest absolute Gasteiger partial charge is 0.480 e. The first-order valence-electron chi connectivity index (χ1n) is 8.29. The molecule has 0 bridgehead atoms. The van der Waals surface area contributed by atoms with E-state index in [1.54, 1.807) is 30.3 Å². The summed E-state index contributed by atoms with van der Waals surface area (Å²) < 4.78 is 39.4. The summed E-state index contributed by atoms with van der Waals surface area (Å²) in [6.07, 6.45) is -3.83. The summed E-state index contributed by atoms with van der Waals surface area (Å²) >= 11 is 0. The van der Waals surface area contributed by atoms with Gasteiger partial charge in [-0.05, 0) is 23.8 Å². The maximum Gasteiger partial charge on any atom is 0.416 e. The third-order valence-corrected chi connectivity index (χ3v) is 4.20. The fourth-order valence-electron chi connectivity index (χ4n) is 2.83. The number of nitrogens with zero attached hydrogens (tertiary/aromatic N) is 1. The quantitative estimate of drug-likeness (QED) is 0.699. The Morgan fingerprint density at radius 3 is 2.46 bits per heavy atom. The number of halogens is 3. The third-order valence-electron chi connectivity index (χ3n) is 4.20. The first kappa shape index (κ1) is 19.3. The molecule has 3 rings (SSSR count). The predicted octanol–water partition coefficient (Wildman–Crippen LogP) is 3.68. The normalized spacial score (nSPS) is 12.5. The van der Waals surface area contributed by atoms with E-state index in [2.05, 4.69) is 10.3 Å². The summed E-state index contributed by atoms with van der Waals surface area (Å²) in [4.78, 5) is 28.1. The Kier molecular flexibility index (Phi) is 5.30. The van der Waals surface area contributed by atoms with Crippen molar-refractivity contribution >= 4 is 22.8 Å². The smallest absolute Gasteiger partial charge is 0.416 e. The van der Waals surface area contributed by atoms with Crippen LogP contribution in [0.4, 0.5) is 13.2 Å². The molecule has 0 fully saturated rings. The Hall–Kier alpha value is -3.42. The molecule has 2 aromatic carbocycles. The molecule has 8 heteroatoms. The SMILES string of the molecule is O=C(N[C@H](Cc1ccccc1C(F)(F)F)C(=O)O)c1cnc2ccccc2c1. The predicted molar refractivity (Wildman–Crippen MR) is 95.8 cm³/mol. The Bertz CT molecular complexity index is 1030. The molecule has 0 unspecified atom stereocenters. The lowest BCUT2D eigenvalue weighted by Crippen LogP contribution is -2.42. The number of benzene rings is 2. The maximum absolute atomic E-state index is 13.1. The average Bonchev–Trinajstić information content (AvgIpc) is 2.66. The van der Waals surface area contributed by atoms with Crippen LogP contribution >= 0.6 is 0 Å². The van der Waals surface area contributed by atoms with Crippen molar-refractivity contribution in [3.63, 3.8) is 0 Å². The van der Waals surface area contributed by atoms with E-state index >= 15 is 0 Å². The molecule has 0 radical (unpaired) electrons. The van der Waals surface area contributed by atoms with Crippen molar-refractivity contribution in [2.45, 2.75) is 18.6 Å². The number of rotatable bonds is 5. The van der Waals surface area contributed by atoms with Crippen molar-refractivity contribution in [1.82, 2.24) is 10.3 Å². The van der Waals surface area contributed by atoms with Crippen LogP contribution in [0.15, 0.2) is 60.8 Å². The zero-order chi connectivity index (χ0) is 20.3. The van der Waals surface area contributed by atoms with Crippen molar-refractivity contribution in [2.24, 2.45) is 0 Å². The highest BCUT2D eigenvalue weighted by Gasteiger charge is 2.34. The van der Waals surface area contributed by atoms with Crippen LogP contribution in [0.3, 0.4) is 0 Å². The lowest BCUT2D eigenvalue weighted by Gasteiger charge is -2.18. The Morgan fingerprint density at radius 1 is 1.07 bits per heavy atom. The number of pyridine rings is 1. The zero-order valence-corrected chi connectivity index (χ0v) is 14.4. The molecule has 144 valence electrons. The summed E-state index contributed by atoms with van der Waals surface area (Å²) in [6.45, 7) is 0. The van der Waals surface area contributed by atoms with Gasteiger partial charge < -0.3 is 10.4 Å². The summed E-state index contributed by atoms with van der Waals surface area (Å²) in [7, 11) is 0. The van der Waals surface area contributed by atoms with Gasteiger partial charge in [0.2, 0.25) is 0 Å². The van der Waals surface area contributed by atoms with Gasteiger partial charge in [-0.1, -0.05) is 36.4 Å². The van der Waals surface area contributed by atoms with Crippen LogP contribution in [-0.4, -0.2) is 28.0 Å². The number of carboxylic acid groups (broad SMARTS) is 1. The third kappa shape index (κ3) is 4.28. The fourth-order valence-corrected chi connectivity index (χ4v) is 2.83. The van der Waals surface area contributed by atoms with Crippen molar-refractivity contribution in [3.8, 4) is 0 Å². The second-order valence-electron chi connectivity index (χ2n) is 6.14. The molecule has 2 N–H and O–H groups in total. The first-order chi connectivity index (χ1) is 13.3. The first-order valence-corrected chi connectivity index (χ1v) is 8.29. The van der Waals surface area contributed by atoms with Crippen LogP contribution in [0.25, 0.3) is 10.9 Å². The standard InChI is InChI=1S/C20H15F3N2O3/c21-20(22,23)15-7-3-1-5-12(15)10-17(19(27)28)25-18(26)14-9-13-6-2-4-8-16(13)24-11-14/h1-9,11,17H,10H2,(H,25,26)(H,27,28)/t17-/m1/s1. The maximum atomic E-state index is 13.1. The molecular weight excluding hydrogens is 373 g/mol. The molecule has 5 nitrogen and oxygen atoms in total. The molecule has 0 aliphatic rings. The van der Waals surface area contributed by atoms with E-state index in [1.807, 2.05) is 0 Å². The van der Waals surface area contributed by atoms with Crippen LogP contribution in [0.2, 0.25) is 0 Å². The molecule has 0 aliphatic heterocycles. The van der Waals surface area contributed by atoms with Crippen LogP contribution in [0.1, 0.15) is 21.5 Å². The molecular formula is C20H15F3N2O3. The number of nitrogens with one attached hydrogen (secondary N) is 1. The van der Waals surface area contributed by atoms with E-state index in [-0.39, 0.29) is 11.1 Å². The van der Waals surface area contributed by atoms with Crippen LogP contribution in [0.5, 0.6) is 0 Å². The number of para-hydroxylation sites is 1. The molecule has 3 aromatic rings. The zero-order valence-electron chi connectivity index (χ0n) is 14.4. The van der Waals surface area contributed by atoms with Gasteiger partial charge in [0.25, 0.3) is 5.91 Å². The van der Waals surface area contributed by atoms with Gasteiger partial charge in [-0.25, -0.2) is 4.79 Å². The highest BCUT2D eigenvalue weighted by molar-refractivity contribution is 5.99. The fraction of sp³-hybridized carbons (Fsp3) is 0.150. The van der Waals surface area contributed by atoms with E-state index in [4.69, 9.17) is 0 Å². The monoisotopic (exact) mass is 388 g/mol. The Balaban J connectivity index is 1.83. The summed E-state index contributed by atoms with van der Waals surface area (Å²) in [5.41, 5.74) is -0.357. The second kappa shape index (κ2) is 7.67. The number of fused-ring (bicyclic) bond motifs is 1. The van der Waals surface area contributed by atoms with Crippen LogP contribution in [0, 0.1) is 0 Å². The van der Waals surface area contributed by atoms with Gasteiger partial charge in [0.1, 0.15) is 6.04 Å². The van der Waals surface area contributed by atoms with Gasteiger partial charge >= 0.3 is 12.1 Å². The average molecular weight is 388 g/mol. The number of hydrogen-bond donors (Lipinski definition) is 2. The highest BCUT2D eigenvalue weighted by atomic mass is 19.4. The molecule has 1 atom stereocenters. The van der Waals surface area contributed by atoms with Gasteiger partial charge in [-0.3, -0.25) is 9.78 Å². The minimum atomic E-state index is -4.62. The minimum Gasteiger partial charge on any atom is -0.480 e. The molecule has 0 saturated carbocycles. The van der Waals surface area contributed by atoms with E-state index in [0.29, 0.717) is 10.9 Å². The number of aromatic nitrogens is 1. The summed E-state index contributed by atoms with van der Waals surface area (Å²) in [5, 5.41) is 12.3. The topological polar surface area (TPSA) is 79.3 Å². The van der Waals surface area contributed by atoms with Gasteiger partial charge in [0.05, 0.1) is 16.6 Å². The number of alkyl halides is 3. The number of carbonyl (C=O) groups is 2. The molecule has 28 heavy (non-hydrogen) atoms. The van der Waals surface area contributed by atoms with Gasteiger partial charge in [0.15, 0.2) is 0 Å². The van der Waals surface area contributed by atoms with Crippen molar-refractivity contribution in [1.29, 1.82) is 0 Å². The lowest BCUT2D eigenvalue weighted by atomic mass is 9.99. The molecule has 0 spiro atoms. The highest BCUT2D eigenvalue weighted by Crippen LogP contribution is 2.32. The van der Waals surface area contributed by atoms with Crippen LogP contribution < -0.4 is 5.32 Å². The molecule has 1 aromatic heterocycles. The Labute approximate surface area is 157 Å². The molecule has 0 saturated heterocycles. The van der Waals surface area contributed by atoms with E-state index in [1.165, 1.54) is 24.4 Å².